The maximum absolute atomic E-state index is 9.11. The van der Waals surface area contributed by atoms with Crippen LogP contribution in [0.15, 0.2) is 0 Å². The SMILES string of the molecule is CC1CC(CCO)CC2CCC(CCO)C12. The molecule has 5 unspecified atom stereocenters. The molecule has 2 aliphatic rings. The van der Waals surface area contributed by atoms with Gasteiger partial charge in [0.25, 0.3) is 0 Å². The molecule has 0 aliphatic heterocycles. The van der Waals surface area contributed by atoms with Crippen LogP contribution >= 0.6 is 0 Å². The zero-order valence-corrected chi connectivity index (χ0v) is 10.4. The molecule has 16 heavy (non-hydrogen) atoms. The van der Waals surface area contributed by atoms with E-state index in [2.05, 4.69) is 6.92 Å². The molecule has 2 heteroatoms. The van der Waals surface area contributed by atoms with Gasteiger partial charge in [-0.1, -0.05) is 6.92 Å². The second-order valence-corrected chi connectivity index (χ2v) is 6.01. The Hall–Kier alpha value is -0.0800. The normalized spacial score (nSPS) is 43.3. The molecule has 0 aromatic rings. The molecule has 2 saturated carbocycles. The lowest BCUT2D eigenvalue weighted by Gasteiger charge is -2.39. The first-order valence-corrected chi connectivity index (χ1v) is 6.98. The van der Waals surface area contributed by atoms with E-state index in [1.165, 1.54) is 25.7 Å². The summed E-state index contributed by atoms with van der Waals surface area (Å²) in [6.45, 7) is 3.10. The van der Waals surface area contributed by atoms with Gasteiger partial charge >= 0.3 is 0 Å². The minimum absolute atomic E-state index is 0.356. The topological polar surface area (TPSA) is 40.5 Å². The van der Waals surface area contributed by atoms with Crippen molar-refractivity contribution in [3.63, 3.8) is 0 Å². The Labute approximate surface area is 99.1 Å². The summed E-state index contributed by atoms with van der Waals surface area (Å²) in [5.74, 6) is 4.09. The summed E-state index contributed by atoms with van der Waals surface area (Å²) in [6, 6.07) is 0. The van der Waals surface area contributed by atoms with Crippen molar-refractivity contribution in [3.8, 4) is 0 Å². The van der Waals surface area contributed by atoms with Gasteiger partial charge in [-0.05, 0) is 68.1 Å². The van der Waals surface area contributed by atoms with Gasteiger partial charge in [-0.2, -0.15) is 0 Å². The average molecular weight is 226 g/mol. The van der Waals surface area contributed by atoms with Crippen molar-refractivity contribution in [1.82, 2.24) is 0 Å². The second-order valence-electron chi connectivity index (χ2n) is 6.01. The number of hydrogen-bond acceptors (Lipinski definition) is 2. The zero-order valence-electron chi connectivity index (χ0n) is 10.4. The first kappa shape index (κ1) is 12.4. The van der Waals surface area contributed by atoms with Gasteiger partial charge in [-0.25, -0.2) is 0 Å². The van der Waals surface area contributed by atoms with Gasteiger partial charge in [0.2, 0.25) is 0 Å². The van der Waals surface area contributed by atoms with Crippen LogP contribution in [0.1, 0.15) is 45.4 Å². The Morgan fingerprint density at radius 3 is 2.44 bits per heavy atom. The number of aliphatic hydroxyl groups excluding tert-OH is 2. The zero-order chi connectivity index (χ0) is 11.5. The summed E-state index contributed by atoms with van der Waals surface area (Å²) in [6.07, 6.45) is 7.32. The van der Waals surface area contributed by atoms with Gasteiger partial charge in [0.05, 0.1) is 0 Å². The quantitative estimate of drug-likeness (QED) is 0.773. The third kappa shape index (κ3) is 2.43. The van der Waals surface area contributed by atoms with Crippen molar-refractivity contribution in [1.29, 1.82) is 0 Å². The summed E-state index contributed by atoms with van der Waals surface area (Å²) < 4.78 is 0. The lowest BCUT2D eigenvalue weighted by Crippen LogP contribution is -2.32. The highest BCUT2D eigenvalue weighted by Crippen LogP contribution is 2.51. The van der Waals surface area contributed by atoms with E-state index in [4.69, 9.17) is 10.2 Å². The molecule has 0 spiro atoms. The lowest BCUT2D eigenvalue weighted by molar-refractivity contribution is 0.0861. The Morgan fingerprint density at radius 2 is 1.75 bits per heavy atom. The Bertz CT molecular complexity index is 217. The fraction of sp³-hybridized carbons (Fsp3) is 1.00. The maximum atomic E-state index is 9.11. The third-order valence-electron chi connectivity index (χ3n) is 5.03. The van der Waals surface area contributed by atoms with Gasteiger partial charge in [0.1, 0.15) is 0 Å². The van der Waals surface area contributed by atoms with Crippen LogP contribution in [0.2, 0.25) is 0 Å². The summed E-state index contributed by atoms with van der Waals surface area (Å²) in [5, 5.41) is 18.2. The molecule has 2 fully saturated rings. The first-order valence-electron chi connectivity index (χ1n) is 6.98. The molecule has 2 rings (SSSR count). The summed E-state index contributed by atoms with van der Waals surface area (Å²) >= 11 is 0. The molecule has 2 N–H and O–H groups in total. The molecule has 2 aliphatic carbocycles. The molecule has 0 aromatic carbocycles. The number of rotatable bonds is 4. The van der Waals surface area contributed by atoms with Crippen molar-refractivity contribution >= 4 is 0 Å². The summed E-state index contributed by atoms with van der Waals surface area (Å²) in [5.41, 5.74) is 0. The van der Waals surface area contributed by atoms with Crippen LogP contribution in [0.4, 0.5) is 0 Å². The average Bonchev–Trinajstić information content (AvgIpc) is 2.63. The van der Waals surface area contributed by atoms with Crippen molar-refractivity contribution in [2.75, 3.05) is 13.2 Å². The predicted molar refractivity (Wildman–Crippen MR) is 65.0 cm³/mol. The van der Waals surface area contributed by atoms with Crippen molar-refractivity contribution in [2.24, 2.45) is 29.6 Å². The minimum Gasteiger partial charge on any atom is -0.396 e. The van der Waals surface area contributed by atoms with E-state index < -0.39 is 0 Å². The molecule has 94 valence electrons. The van der Waals surface area contributed by atoms with Crippen LogP contribution < -0.4 is 0 Å². The van der Waals surface area contributed by atoms with Crippen molar-refractivity contribution in [2.45, 2.75) is 45.4 Å². The van der Waals surface area contributed by atoms with E-state index in [-0.39, 0.29) is 0 Å². The molecular formula is C14H26O2. The van der Waals surface area contributed by atoms with Crippen LogP contribution in [-0.4, -0.2) is 23.4 Å². The predicted octanol–water partition coefficient (Wildman–Crippen LogP) is 2.44. The van der Waals surface area contributed by atoms with E-state index in [1.54, 1.807) is 0 Å². The second kappa shape index (κ2) is 5.50. The molecule has 0 saturated heterocycles. The Kier molecular flexibility index (Phi) is 4.26. The molecule has 5 atom stereocenters. The molecule has 0 heterocycles. The van der Waals surface area contributed by atoms with Crippen LogP contribution in [0.3, 0.4) is 0 Å². The fourth-order valence-corrected chi connectivity index (χ4v) is 4.53. The first-order chi connectivity index (χ1) is 7.76. The van der Waals surface area contributed by atoms with Gasteiger partial charge in [-0.3, -0.25) is 0 Å². The summed E-state index contributed by atoms with van der Waals surface area (Å²) in [4.78, 5) is 0. The third-order valence-corrected chi connectivity index (χ3v) is 5.03. The largest absolute Gasteiger partial charge is 0.396 e. The van der Waals surface area contributed by atoms with E-state index in [1.807, 2.05) is 0 Å². The van der Waals surface area contributed by atoms with Crippen LogP contribution in [0, 0.1) is 29.6 Å². The lowest BCUT2D eigenvalue weighted by atomic mass is 9.66. The molecule has 0 radical (unpaired) electrons. The number of fused-ring (bicyclic) bond motifs is 1. The Morgan fingerprint density at radius 1 is 1.00 bits per heavy atom. The monoisotopic (exact) mass is 226 g/mol. The highest BCUT2D eigenvalue weighted by Gasteiger charge is 2.43. The molecule has 0 bridgehead atoms. The molecular weight excluding hydrogens is 200 g/mol. The van der Waals surface area contributed by atoms with Crippen molar-refractivity contribution < 1.29 is 10.2 Å². The minimum atomic E-state index is 0.356. The highest BCUT2D eigenvalue weighted by molar-refractivity contribution is 4.92. The summed E-state index contributed by atoms with van der Waals surface area (Å²) in [7, 11) is 0. The Balaban J connectivity index is 1.95. The smallest absolute Gasteiger partial charge is 0.0433 e. The maximum Gasteiger partial charge on any atom is 0.0433 e. The van der Waals surface area contributed by atoms with Crippen molar-refractivity contribution in [3.05, 3.63) is 0 Å². The van der Waals surface area contributed by atoms with E-state index in [9.17, 15) is 0 Å². The number of aliphatic hydroxyl groups is 2. The molecule has 2 nitrogen and oxygen atoms in total. The standard InChI is InChI=1S/C14H26O2/c1-10-8-11(4-6-15)9-13-3-2-12(5-7-16)14(10)13/h10-16H,2-9H2,1H3. The van der Waals surface area contributed by atoms with Crippen LogP contribution in [0.25, 0.3) is 0 Å². The van der Waals surface area contributed by atoms with Gasteiger partial charge in [0, 0.05) is 13.2 Å². The number of hydrogen-bond donors (Lipinski definition) is 2. The van der Waals surface area contributed by atoms with Gasteiger partial charge in [-0.15, -0.1) is 0 Å². The van der Waals surface area contributed by atoms with Gasteiger partial charge < -0.3 is 10.2 Å². The highest BCUT2D eigenvalue weighted by atomic mass is 16.3. The van der Waals surface area contributed by atoms with E-state index >= 15 is 0 Å². The fourth-order valence-electron chi connectivity index (χ4n) is 4.53. The molecule has 0 amide bonds. The van der Waals surface area contributed by atoms with Crippen LogP contribution in [-0.2, 0) is 0 Å². The van der Waals surface area contributed by atoms with E-state index in [0.717, 1.165) is 42.4 Å². The van der Waals surface area contributed by atoms with E-state index in [0.29, 0.717) is 13.2 Å². The van der Waals surface area contributed by atoms with Gasteiger partial charge in [0.15, 0.2) is 0 Å². The molecule has 0 aromatic heterocycles. The van der Waals surface area contributed by atoms with Crippen LogP contribution in [0.5, 0.6) is 0 Å².